The molecule has 4 nitrogen and oxygen atoms in total. The minimum absolute atomic E-state index is 0.131. The lowest BCUT2D eigenvalue weighted by atomic mass is 9.73. The Labute approximate surface area is 171 Å². The maximum atomic E-state index is 12.8. The number of hydrogen-bond donors (Lipinski definition) is 0. The van der Waals surface area contributed by atoms with Crippen molar-refractivity contribution in [2.24, 2.45) is 0 Å². The zero-order valence-electron chi connectivity index (χ0n) is 17.2. The van der Waals surface area contributed by atoms with Gasteiger partial charge in [0, 0.05) is 0 Å². The molecule has 0 radical (unpaired) electrons. The minimum Gasteiger partial charge on any atom is -0.466 e. The van der Waals surface area contributed by atoms with Crippen LogP contribution in [0.3, 0.4) is 0 Å². The van der Waals surface area contributed by atoms with Crippen molar-refractivity contribution in [2.45, 2.75) is 44.9 Å². The largest absolute Gasteiger partial charge is 0.466 e. The van der Waals surface area contributed by atoms with Crippen LogP contribution in [0.4, 0.5) is 0 Å². The molecule has 0 aromatic heterocycles. The highest BCUT2D eigenvalue weighted by Gasteiger charge is 2.35. The molecule has 7 rings (SSSR count). The van der Waals surface area contributed by atoms with E-state index in [-0.39, 0.29) is 5.92 Å². The fourth-order valence-electron chi connectivity index (χ4n) is 4.72. The van der Waals surface area contributed by atoms with E-state index in [4.69, 9.17) is 9.47 Å². The lowest BCUT2D eigenvalue weighted by molar-refractivity contribution is -0.138. The molecule has 4 bridgehead atoms. The first kappa shape index (κ1) is 19.4. The van der Waals surface area contributed by atoms with Gasteiger partial charge in [0.25, 0.3) is 0 Å². The van der Waals surface area contributed by atoms with E-state index in [1.165, 1.54) is 36.5 Å². The second-order valence-corrected chi connectivity index (χ2v) is 7.93. The second kappa shape index (κ2) is 7.86. The quantitative estimate of drug-likeness (QED) is 0.722. The van der Waals surface area contributed by atoms with Crippen molar-refractivity contribution in [2.75, 3.05) is 14.2 Å². The topological polar surface area (TPSA) is 52.6 Å². The Bertz CT molecular complexity index is 998. The number of carbonyl (C=O) groups excluding carboxylic acids is 2. The van der Waals surface area contributed by atoms with E-state index in [0.717, 1.165) is 36.8 Å². The van der Waals surface area contributed by atoms with Crippen LogP contribution < -0.4 is 0 Å². The Morgan fingerprint density at radius 3 is 1.93 bits per heavy atom. The molecule has 0 saturated carbocycles. The van der Waals surface area contributed by atoms with Gasteiger partial charge in [-0.3, -0.25) is 0 Å². The van der Waals surface area contributed by atoms with Crippen LogP contribution in [-0.2, 0) is 44.7 Å². The van der Waals surface area contributed by atoms with E-state index in [0.29, 0.717) is 17.6 Å². The van der Waals surface area contributed by atoms with Crippen molar-refractivity contribution < 1.29 is 19.1 Å². The van der Waals surface area contributed by atoms with E-state index in [2.05, 4.69) is 43.3 Å². The van der Waals surface area contributed by atoms with E-state index < -0.39 is 11.9 Å². The van der Waals surface area contributed by atoms with Gasteiger partial charge in [0.15, 0.2) is 0 Å². The second-order valence-electron chi connectivity index (χ2n) is 7.93. The van der Waals surface area contributed by atoms with Crippen LogP contribution in [0.25, 0.3) is 5.57 Å². The number of esters is 2. The maximum absolute atomic E-state index is 12.8. The molecule has 0 N–H and O–H groups in total. The standard InChI is InChI=1S/C25H26O4/c1-15-14-20(24(26)28-2)23(25(27)29-3)22-19-11-9-17-6-4-16(5-7-17)8-10-18(12-13-19)21(15)22/h4-7,12-13,15H,8-11,14H2,1-3H3/t15-/m1/s1. The van der Waals surface area contributed by atoms with E-state index in [1.54, 1.807) is 0 Å². The Kier molecular flexibility index (Phi) is 5.27. The van der Waals surface area contributed by atoms with Crippen LogP contribution in [-0.4, -0.2) is 26.2 Å². The Morgan fingerprint density at radius 2 is 1.34 bits per heavy atom. The van der Waals surface area contributed by atoms with Crippen LogP contribution >= 0.6 is 0 Å². The average Bonchev–Trinajstić information content (AvgIpc) is 2.74. The van der Waals surface area contributed by atoms with E-state index in [9.17, 15) is 9.59 Å². The normalized spacial score (nSPS) is 18.0. The van der Waals surface area contributed by atoms with Gasteiger partial charge in [-0.25, -0.2) is 9.59 Å². The molecule has 0 heterocycles. The highest BCUT2D eigenvalue weighted by molar-refractivity contribution is 6.24. The van der Waals surface area contributed by atoms with Gasteiger partial charge in [-0.05, 0) is 71.4 Å². The summed E-state index contributed by atoms with van der Waals surface area (Å²) in [5, 5.41) is 0. The number of rotatable bonds is 2. The smallest absolute Gasteiger partial charge is 0.339 e. The first-order valence-electron chi connectivity index (χ1n) is 10.2. The zero-order valence-corrected chi connectivity index (χ0v) is 17.2. The highest BCUT2D eigenvalue weighted by atomic mass is 16.5. The van der Waals surface area contributed by atoms with Gasteiger partial charge in [0.2, 0.25) is 0 Å². The number of methoxy groups -OCH3 is 2. The maximum Gasteiger partial charge on any atom is 0.339 e. The number of aryl methyl sites for hydroxylation is 4. The molecule has 0 fully saturated rings. The van der Waals surface area contributed by atoms with Gasteiger partial charge in [-0.15, -0.1) is 0 Å². The van der Waals surface area contributed by atoms with E-state index >= 15 is 0 Å². The molecule has 0 saturated heterocycles. The van der Waals surface area contributed by atoms with Gasteiger partial charge >= 0.3 is 11.9 Å². The zero-order chi connectivity index (χ0) is 20.5. The van der Waals surface area contributed by atoms with Crippen molar-refractivity contribution in [1.29, 1.82) is 0 Å². The molecule has 2 aromatic rings. The Hall–Kier alpha value is -2.88. The van der Waals surface area contributed by atoms with Crippen molar-refractivity contribution >= 4 is 17.5 Å². The summed E-state index contributed by atoms with van der Waals surface area (Å²) in [6.07, 6.45) is 3.99. The van der Waals surface area contributed by atoms with Gasteiger partial charge in [0.05, 0.1) is 25.4 Å². The summed E-state index contributed by atoms with van der Waals surface area (Å²) in [5.41, 5.74) is 7.80. The highest BCUT2D eigenvalue weighted by Crippen LogP contribution is 2.43. The molecular weight excluding hydrogens is 364 g/mol. The summed E-state index contributed by atoms with van der Waals surface area (Å²) < 4.78 is 10.1. The van der Waals surface area contributed by atoms with Crippen molar-refractivity contribution in [1.82, 2.24) is 0 Å². The average molecular weight is 390 g/mol. The summed E-state index contributed by atoms with van der Waals surface area (Å²) in [6, 6.07) is 13.1. The first-order chi connectivity index (χ1) is 14.0. The number of carbonyl (C=O) groups is 2. The molecule has 5 aliphatic carbocycles. The first-order valence-corrected chi connectivity index (χ1v) is 10.2. The monoisotopic (exact) mass is 390 g/mol. The van der Waals surface area contributed by atoms with Crippen molar-refractivity contribution in [3.63, 3.8) is 0 Å². The van der Waals surface area contributed by atoms with Crippen LogP contribution in [0.15, 0.2) is 42.0 Å². The molecule has 1 atom stereocenters. The fraction of sp³-hybridized carbons (Fsp3) is 0.360. The lowest BCUT2D eigenvalue weighted by Gasteiger charge is -2.30. The molecule has 0 unspecified atom stereocenters. The van der Waals surface area contributed by atoms with Crippen LogP contribution in [0.1, 0.15) is 52.6 Å². The Morgan fingerprint density at radius 1 is 0.793 bits per heavy atom. The third kappa shape index (κ3) is 3.48. The molecular formula is C25H26O4. The third-order valence-corrected chi connectivity index (χ3v) is 6.19. The number of ether oxygens (including phenoxy) is 2. The molecule has 0 spiro atoms. The summed E-state index contributed by atoms with van der Waals surface area (Å²) in [6.45, 7) is 2.13. The van der Waals surface area contributed by atoms with Gasteiger partial charge in [-0.2, -0.15) is 0 Å². The lowest BCUT2D eigenvalue weighted by Crippen LogP contribution is -2.23. The summed E-state index contributed by atoms with van der Waals surface area (Å²) in [5.74, 6) is -0.783. The molecule has 29 heavy (non-hydrogen) atoms. The number of benzene rings is 2. The third-order valence-electron chi connectivity index (χ3n) is 6.19. The predicted octanol–water partition coefficient (Wildman–Crippen LogP) is 4.18. The van der Waals surface area contributed by atoms with Crippen molar-refractivity contribution in [3.8, 4) is 0 Å². The van der Waals surface area contributed by atoms with Gasteiger partial charge < -0.3 is 9.47 Å². The van der Waals surface area contributed by atoms with Crippen LogP contribution in [0.5, 0.6) is 0 Å². The van der Waals surface area contributed by atoms with Crippen LogP contribution in [0.2, 0.25) is 0 Å². The summed E-state index contributed by atoms with van der Waals surface area (Å²) >= 11 is 0. The van der Waals surface area contributed by atoms with E-state index in [1.807, 2.05) is 0 Å². The molecule has 0 aliphatic heterocycles. The predicted molar refractivity (Wildman–Crippen MR) is 112 cm³/mol. The minimum atomic E-state index is -0.465. The molecule has 150 valence electrons. The summed E-state index contributed by atoms with van der Waals surface area (Å²) in [4.78, 5) is 25.4. The van der Waals surface area contributed by atoms with Gasteiger partial charge in [-0.1, -0.05) is 43.3 Å². The van der Waals surface area contributed by atoms with Gasteiger partial charge in [0.1, 0.15) is 0 Å². The van der Waals surface area contributed by atoms with Crippen LogP contribution in [0, 0.1) is 0 Å². The molecule has 5 aliphatic rings. The summed E-state index contributed by atoms with van der Waals surface area (Å²) in [7, 11) is 2.72. The molecule has 2 aromatic carbocycles. The molecule has 4 heteroatoms. The Balaban J connectivity index is 1.96. The SMILES string of the molecule is COC(=O)C1=C(C(=O)OC)c2c3ccc(c2[C@H](C)C1)CCc1ccc(cc1)CC3. The fourth-order valence-corrected chi connectivity index (χ4v) is 4.72. The van der Waals surface area contributed by atoms with Crippen molar-refractivity contribution in [3.05, 3.63) is 75.4 Å². The number of hydrogen-bond acceptors (Lipinski definition) is 4. The molecule has 0 amide bonds.